The molecule has 0 bridgehead atoms. The molecule has 0 saturated carbocycles. The van der Waals surface area contributed by atoms with Crippen molar-refractivity contribution in [1.82, 2.24) is 25.5 Å². The molecule has 33 heavy (non-hydrogen) atoms. The van der Waals surface area contributed by atoms with E-state index < -0.39 is 5.60 Å². The van der Waals surface area contributed by atoms with E-state index in [-0.39, 0.29) is 17.9 Å². The molecule has 0 radical (unpaired) electrons. The van der Waals surface area contributed by atoms with E-state index in [0.29, 0.717) is 23.2 Å². The molecular weight excluding hydrogens is 458 g/mol. The van der Waals surface area contributed by atoms with E-state index in [9.17, 15) is 9.90 Å². The van der Waals surface area contributed by atoms with E-state index in [2.05, 4.69) is 31.5 Å². The van der Waals surface area contributed by atoms with Crippen LogP contribution >= 0.6 is 22.7 Å². The summed E-state index contributed by atoms with van der Waals surface area (Å²) in [6.07, 6.45) is 1.29. The maximum atomic E-state index is 12.2. The van der Waals surface area contributed by atoms with Gasteiger partial charge in [-0.2, -0.15) is 0 Å². The van der Waals surface area contributed by atoms with Gasteiger partial charge in [-0.3, -0.25) is 4.79 Å². The van der Waals surface area contributed by atoms with Gasteiger partial charge in [0.25, 0.3) is 0 Å². The van der Waals surface area contributed by atoms with Crippen molar-refractivity contribution in [3.05, 3.63) is 45.4 Å². The van der Waals surface area contributed by atoms with Gasteiger partial charge in [0.15, 0.2) is 0 Å². The molecule has 8 nitrogen and oxygen atoms in total. The normalized spacial score (nSPS) is 12.4. The van der Waals surface area contributed by atoms with E-state index in [1.807, 2.05) is 38.3 Å². The summed E-state index contributed by atoms with van der Waals surface area (Å²) in [6.45, 7) is 9.44. The SMILES string of the molecule is CCC(C)(C)NC(=O)Cc1nnc(Cc2nc3ccc(-c4csc(C(C)(C)O)n4)cc3s2)o1. The molecular formula is C23H27N5O3S2. The average Bonchev–Trinajstić information content (AvgIpc) is 3.46. The molecule has 4 rings (SSSR count). The van der Waals surface area contributed by atoms with Crippen LogP contribution in [0.25, 0.3) is 21.5 Å². The van der Waals surface area contributed by atoms with Crippen molar-refractivity contribution in [3.8, 4) is 11.3 Å². The molecule has 0 spiro atoms. The molecule has 1 aromatic carbocycles. The van der Waals surface area contributed by atoms with Crippen LogP contribution in [0.2, 0.25) is 0 Å². The maximum Gasteiger partial charge on any atom is 0.229 e. The number of carbonyl (C=O) groups excluding carboxylic acids is 1. The summed E-state index contributed by atoms with van der Waals surface area (Å²) < 4.78 is 6.71. The summed E-state index contributed by atoms with van der Waals surface area (Å²) in [6, 6.07) is 6.00. The van der Waals surface area contributed by atoms with Gasteiger partial charge in [0.2, 0.25) is 17.7 Å². The second-order valence-corrected chi connectivity index (χ2v) is 11.1. The Kier molecular flexibility index (Phi) is 6.35. The van der Waals surface area contributed by atoms with Crippen LogP contribution in [0.15, 0.2) is 28.0 Å². The Balaban J connectivity index is 1.46. The lowest BCUT2D eigenvalue weighted by atomic mass is 10.0. The number of amides is 1. The van der Waals surface area contributed by atoms with Crippen molar-refractivity contribution in [1.29, 1.82) is 0 Å². The smallest absolute Gasteiger partial charge is 0.229 e. The van der Waals surface area contributed by atoms with Crippen molar-refractivity contribution in [2.24, 2.45) is 0 Å². The number of thiazole rings is 2. The van der Waals surface area contributed by atoms with Crippen molar-refractivity contribution >= 4 is 38.8 Å². The first kappa shape index (κ1) is 23.5. The summed E-state index contributed by atoms with van der Waals surface area (Å²) in [4.78, 5) is 21.5. The summed E-state index contributed by atoms with van der Waals surface area (Å²) in [5.41, 5.74) is 1.47. The van der Waals surface area contributed by atoms with Gasteiger partial charge in [-0.05, 0) is 46.2 Å². The third-order valence-electron chi connectivity index (χ3n) is 5.24. The van der Waals surface area contributed by atoms with Gasteiger partial charge in [-0.15, -0.1) is 32.9 Å². The summed E-state index contributed by atoms with van der Waals surface area (Å²) in [5.74, 6) is 0.587. The number of nitrogens with one attached hydrogen (secondary N) is 1. The van der Waals surface area contributed by atoms with E-state index in [1.54, 1.807) is 25.2 Å². The Morgan fingerprint density at radius 3 is 2.61 bits per heavy atom. The van der Waals surface area contributed by atoms with Crippen molar-refractivity contribution in [2.45, 2.75) is 65.0 Å². The predicted octanol–water partition coefficient (Wildman–Crippen LogP) is 4.47. The number of rotatable bonds is 8. The lowest BCUT2D eigenvalue weighted by Gasteiger charge is -2.23. The molecule has 3 aromatic heterocycles. The van der Waals surface area contributed by atoms with Crippen LogP contribution in [0.3, 0.4) is 0 Å². The highest BCUT2D eigenvalue weighted by atomic mass is 32.1. The molecule has 0 atom stereocenters. The minimum atomic E-state index is -0.958. The number of hydrogen-bond donors (Lipinski definition) is 2. The lowest BCUT2D eigenvalue weighted by molar-refractivity contribution is -0.122. The fourth-order valence-corrected chi connectivity index (χ4v) is 4.95. The highest BCUT2D eigenvalue weighted by molar-refractivity contribution is 7.18. The number of fused-ring (bicyclic) bond motifs is 1. The van der Waals surface area contributed by atoms with Gasteiger partial charge < -0.3 is 14.8 Å². The van der Waals surface area contributed by atoms with Gasteiger partial charge >= 0.3 is 0 Å². The largest absolute Gasteiger partial charge is 0.424 e. The molecule has 1 amide bonds. The molecule has 0 aliphatic carbocycles. The van der Waals surface area contributed by atoms with Crippen molar-refractivity contribution < 1.29 is 14.3 Å². The Morgan fingerprint density at radius 1 is 1.15 bits per heavy atom. The molecule has 4 aromatic rings. The topological polar surface area (TPSA) is 114 Å². The Labute approximate surface area is 200 Å². The molecule has 10 heteroatoms. The van der Waals surface area contributed by atoms with Gasteiger partial charge in [-0.25, -0.2) is 9.97 Å². The number of carbonyl (C=O) groups is 1. The number of aromatic nitrogens is 4. The second-order valence-electron chi connectivity index (χ2n) is 9.12. The summed E-state index contributed by atoms with van der Waals surface area (Å²) >= 11 is 3.00. The van der Waals surface area contributed by atoms with Crippen LogP contribution in [-0.2, 0) is 23.2 Å². The van der Waals surface area contributed by atoms with Crippen LogP contribution < -0.4 is 5.32 Å². The summed E-state index contributed by atoms with van der Waals surface area (Å²) in [7, 11) is 0. The number of aliphatic hydroxyl groups is 1. The highest BCUT2D eigenvalue weighted by Gasteiger charge is 2.22. The van der Waals surface area contributed by atoms with Crippen LogP contribution in [-0.4, -0.2) is 36.7 Å². The third kappa shape index (κ3) is 5.63. The van der Waals surface area contributed by atoms with Crippen LogP contribution in [0.1, 0.15) is 62.8 Å². The van der Waals surface area contributed by atoms with Crippen molar-refractivity contribution in [2.75, 3.05) is 0 Å². The maximum absolute atomic E-state index is 12.2. The van der Waals surface area contributed by atoms with E-state index >= 15 is 0 Å². The van der Waals surface area contributed by atoms with Gasteiger partial charge in [-0.1, -0.05) is 13.0 Å². The van der Waals surface area contributed by atoms with Gasteiger partial charge in [0.1, 0.15) is 22.0 Å². The second kappa shape index (κ2) is 8.92. The standard InChI is InChI=1S/C23H27N5O3S2/c1-6-22(2,3)26-17(29)10-18-27-28-19(31-18)11-20-24-14-8-7-13(9-16(14)33-20)15-12-32-21(25-15)23(4,5)30/h7-9,12,30H,6,10-11H2,1-5H3,(H,26,29). The van der Waals surface area contributed by atoms with Crippen LogP contribution in [0, 0.1) is 0 Å². The number of benzene rings is 1. The zero-order valence-electron chi connectivity index (χ0n) is 19.3. The third-order valence-corrected chi connectivity index (χ3v) is 7.41. The first-order valence-electron chi connectivity index (χ1n) is 10.7. The minimum absolute atomic E-state index is 0.0555. The Bertz CT molecular complexity index is 1280. The molecule has 174 valence electrons. The van der Waals surface area contributed by atoms with Crippen LogP contribution in [0.4, 0.5) is 0 Å². The molecule has 2 N–H and O–H groups in total. The highest BCUT2D eigenvalue weighted by Crippen LogP contribution is 2.32. The molecule has 0 saturated heterocycles. The molecule has 3 heterocycles. The van der Waals surface area contributed by atoms with Crippen LogP contribution in [0.5, 0.6) is 0 Å². The predicted molar refractivity (Wildman–Crippen MR) is 129 cm³/mol. The lowest BCUT2D eigenvalue weighted by Crippen LogP contribution is -2.43. The molecule has 0 fully saturated rings. The average molecular weight is 486 g/mol. The summed E-state index contributed by atoms with van der Waals surface area (Å²) in [5, 5.41) is 24.7. The van der Waals surface area contributed by atoms with E-state index in [0.717, 1.165) is 32.9 Å². The molecule has 0 aliphatic rings. The number of hydrogen-bond acceptors (Lipinski definition) is 9. The van der Waals surface area contributed by atoms with Crippen molar-refractivity contribution in [3.63, 3.8) is 0 Å². The quantitative estimate of drug-likeness (QED) is 0.378. The van der Waals surface area contributed by atoms with Gasteiger partial charge in [0, 0.05) is 16.5 Å². The number of nitrogens with zero attached hydrogens (tertiary/aromatic N) is 4. The van der Waals surface area contributed by atoms with E-state index in [1.165, 1.54) is 11.3 Å². The zero-order valence-corrected chi connectivity index (χ0v) is 20.9. The monoisotopic (exact) mass is 485 g/mol. The Hall–Kier alpha value is -2.69. The minimum Gasteiger partial charge on any atom is -0.424 e. The van der Waals surface area contributed by atoms with Gasteiger partial charge in [0.05, 0.1) is 22.3 Å². The first-order valence-corrected chi connectivity index (χ1v) is 12.4. The van der Waals surface area contributed by atoms with E-state index in [4.69, 9.17) is 4.42 Å². The zero-order chi connectivity index (χ0) is 23.8. The Morgan fingerprint density at radius 2 is 1.91 bits per heavy atom. The molecule has 0 aliphatic heterocycles. The first-order chi connectivity index (χ1) is 15.5. The fourth-order valence-electron chi connectivity index (χ4n) is 3.10. The molecule has 0 unspecified atom stereocenters. The fraction of sp³-hybridized carbons (Fsp3) is 0.435.